The van der Waals surface area contributed by atoms with Crippen LogP contribution in [0.5, 0.6) is 0 Å². The van der Waals surface area contributed by atoms with Crippen LogP contribution in [0.2, 0.25) is 0 Å². The minimum atomic E-state index is -4.19. The van der Waals surface area contributed by atoms with E-state index in [4.69, 9.17) is 13.0 Å². The van der Waals surface area contributed by atoms with Gasteiger partial charge in [-0.2, -0.15) is 8.42 Å². The highest BCUT2D eigenvalue weighted by molar-refractivity contribution is 8.09. The van der Waals surface area contributed by atoms with Crippen molar-refractivity contribution >= 4 is 30.8 Å². The van der Waals surface area contributed by atoms with Crippen molar-refractivity contribution in [1.29, 1.82) is 0 Å². The SMILES string of the molecule is CC(C)Cc1ccc2ccccc2c1CC(C)C.O=S(=O)(O)Cl. The Morgan fingerprint density at radius 3 is 2.00 bits per heavy atom. The number of benzene rings is 2. The molecule has 0 amide bonds. The Hall–Kier alpha value is -1.10. The van der Waals surface area contributed by atoms with Gasteiger partial charge in [0.15, 0.2) is 0 Å². The Kier molecular flexibility index (Phi) is 7.52. The Morgan fingerprint density at radius 1 is 0.957 bits per heavy atom. The smallest absolute Gasteiger partial charge is 0.273 e. The van der Waals surface area contributed by atoms with Crippen molar-refractivity contribution in [3.05, 3.63) is 47.5 Å². The normalized spacial score (nSPS) is 11.7. The van der Waals surface area contributed by atoms with E-state index in [-0.39, 0.29) is 0 Å². The maximum Gasteiger partial charge on any atom is 0.353 e. The number of fused-ring (bicyclic) bond motifs is 1. The van der Waals surface area contributed by atoms with E-state index in [0.29, 0.717) is 5.92 Å². The summed E-state index contributed by atoms with van der Waals surface area (Å²) in [5.74, 6) is 1.43. The standard InChI is InChI=1S/C18H24.ClHO3S/c1-13(2)11-16-10-9-15-7-5-6-8-17(15)18(16)12-14(3)4;1-5(2,3)4/h5-10,13-14H,11-12H2,1-4H3;(H,2,3,4). The van der Waals surface area contributed by atoms with E-state index >= 15 is 0 Å². The van der Waals surface area contributed by atoms with Crippen molar-refractivity contribution in [3.63, 3.8) is 0 Å². The van der Waals surface area contributed by atoms with Crippen LogP contribution in [-0.4, -0.2) is 13.0 Å². The molecule has 0 radical (unpaired) electrons. The lowest BCUT2D eigenvalue weighted by Crippen LogP contribution is -2.03. The molecule has 0 atom stereocenters. The van der Waals surface area contributed by atoms with Crippen LogP contribution in [0.4, 0.5) is 0 Å². The van der Waals surface area contributed by atoms with Crippen molar-refractivity contribution in [2.75, 3.05) is 0 Å². The first kappa shape index (κ1) is 19.9. The average molecular weight is 357 g/mol. The summed E-state index contributed by atoms with van der Waals surface area (Å²) in [7, 11) is -0.137. The lowest BCUT2D eigenvalue weighted by Gasteiger charge is -2.16. The van der Waals surface area contributed by atoms with Crippen LogP contribution in [0.1, 0.15) is 38.8 Å². The molecule has 0 bridgehead atoms. The third-order valence-corrected chi connectivity index (χ3v) is 3.38. The third-order valence-electron chi connectivity index (χ3n) is 3.38. The predicted molar refractivity (Wildman–Crippen MR) is 98.4 cm³/mol. The highest BCUT2D eigenvalue weighted by Crippen LogP contribution is 2.26. The summed E-state index contributed by atoms with van der Waals surface area (Å²) in [4.78, 5) is 0. The molecule has 2 rings (SSSR count). The minimum Gasteiger partial charge on any atom is -0.273 e. The van der Waals surface area contributed by atoms with Gasteiger partial charge in [0.1, 0.15) is 0 Å². The van der Waals surface area contributed by atoms with Crippen molar-refractivity contribution in [1.82, 2.24) is 0 Å². The van der Waals surface area contributed by atoms with Gasteiger partial charge in [0, 0.05) is 10.7 Å². The molecule has 128 valence electrons. The lowest BCUT2D eigenvalue weighted by molar-refractivity contribution is 0.501. The zero-order valence-corrected chi connectivity index (χ0v) is 15.7. The molecule has 0 fully saturated rings. The fraction of sp³-hybridized carbons (Fsp3) is 0.444. The molecule has 0 saturated carbocycles. The molecular weight excluding hydrogens is 332 g/mol. The maximum absolute atomic E-state index is 8.95. The second-order valence-corrected chi connectivity index (χ2v) is 8.53. The summed E-state index contributed by atoms with van der Waals surface area (Å²) in [6.07, 6.45) is 2.37. The largest absolute Gasteiger partial charge is 0.353 e. The van der Waals surface area contributed by atoms with E-state index in [1.54, 1.807) is 5.56 Å². The van der Waals surface area contributed by atoms with Gasteiger partial charge in [-0.25, -0.2) is 0 Å². The van der Waals surface area contributed by atoms with E-state index in [2.05, 4.69) is 74.8 Å². The summed E-state index contributed by atoms with van der Waals surface area (Å²) in [6.45, 7) is 9.21. The Morgan fingerprint density at radius 2 is 1.48 bits per heavy atom. The molecule has 0 saturated heterocycles. The zero-order valence-electron chi connectivity index (χ0n) is 14.1. The number of rotatable bonds is 4. The summed E-state index contributed by atoms with van der Waals surface area (Å²) in [5, 5.41) is 2.82. The van der Waals surface area contributed by atoms with Gasteiger partial charge in [-0.1, -0.05) is 64.1 Å². The fourth-order valence-corrected chi connectivity index (χ4v) is 2.66. The lowest BCUT2D eigenvalue weighted by atomic mass is 9.89. The van der Waals surface area contributed by atoms with Crippen LogP contribution in [-0.2, 0) is 22.2 Å². The Labute approximate surface area is 143 Å². The predicted octanol–water partition coefficient (Wildman–Crippen LogP) is 5.26. The van der Waals surface area contributed by atoms with Crippen LogP contribution < -0.4 is 0 Å². The van der Waals surface area contributed by atoms with Crippen LogP contribution in [0.15, 0.2) is 36.4 Å². The van der Waals surface area contributed by atoms with E-state index in [1.165, 1.54) is 29.2 Å². The highest BCUT2D eigenvalue weighted by Gasteiger charge is 2.10. The second-order valence-electron chi connectivity index (χ2n) is 6.53. The molecule has 23 heavy (non-hydrogen) atoms. The number of hydrogen-bond acceptors (Lipinski definition) is 2. The monoisotopic (exact) mass is 356 g/mol. The van der Waals surface area contributed by atoms with E-state index in [1.807, 2.05) is 0 Å². The molecule has 2 aromatic rings. The van der Waals surface area contributed by atoms with E-state index in [9.17, 15) is 0 Å². The van der Waals surface area contributed by atoms with Gasteiger partial charge in [0.2, 0.25) is 0 Å². The highest BCUT2D eigenvalue weighted by atomic mass is 35.7. The molecule has 0 aliphatic rings. The Balaban J connectivity index is 0.000000463. The topological polar surface area (TPSA) is 54.4 Å². The average Bonchev–Trinajstić information content (AvgIpc) is 2.38. The van der Waals surface area contributed by atoms with Gasteiger partial charge in [-0.15, -0.1) is 0 Å². The molecule has 0 unspecified atom stereocenters. The summed E-state index contributed by atoms with van der Waals surface area (Å²) in [5.41, 5.74) is 3.11. The summed E-state index contributed by atoms with van der Waals surface area (Å²) in [6, 6.07) is 13.4. The first-order valence-corrected chi connectivity index (χ1v) is 10.0. The molecule has 0 aliphatic heterocycles. The first-order chi connectivity index (χ1) is 10.6. The van der Waals surface area contributed by atoms with E-state index < -0.39 is 9.33 Å². The molecule has 0 aromatic heterocycles. The summed E-state index contributed by atoms with van der Waals surface area (Å²) < 4.78 is 25.2. The molecule has 1 N–H and O–H groups in total. The number of halogens is 1. The van der Waals surface area contributed by atoms with Gasteiger partial charge in [0.05, 0.1) is 0 Å². The van der Waals surface area contributed by atoms with Gasteiger partial charge in [0.25, 0.3) is 0 Å². The third kappa shape index (κ3) is 7.82. The molecule has 0 aliphatic carbocycles. The quantitative estimate of drug-likeness (QED) is 0.600. The van der Waals surface area contributed by atoms with Gasteiger partial charge in [-0.05, 0) is 46.6 Å². The van der Waals surface area contributed by atoms with Crippen LogP contribution in [0.3, 0.4) is 0 Å². The zero-order chi connectivity index (χ0) is 17.6. The van der Waals surface area contributed by atoms with Crippen LogP contribution in [0.25, 0.3) is 10.8 Å². The molecule has 0 spiro atoms. The maximum atomic E-state index is 8.95. The molecule has 2 aromatic carbocycles. The molecular formula is C18H25ClO3S. The molecule has 3 nitrogen and oxygen atoms in total. The van der Waals surface area contributed by atoms with Crippen molar-refractivity contribution in [3.8, 4) is 0 Å². The van der Waals surface area contributed by atoms with Crippen LogP contribution >= 0.6 is 10.7 Å². The Bertz CT molecular complexity index is 729. The molecule has 5 heteroatoms. The van der Waals surface area contributed by atoms with Gasteiger partial charge in [-0.3, -0.25) is 4.55 Å². The number of hydrogen-bond donors (Lipinski definition) is 1. The van der Waals surface area contributed by atoms with E-state index in [0.717, 1.165) is 5.92 Å². The second kappa shape index (κ2) is 8.67. The summed E-state index contributed by atoms with van der Waals surface area (Å²) >= 11 is 0. The first-order valence-electron chi connectivity index (χ1n) is 7.74. The van der Waals surface area contributed by atoms with Crippen molar-refractivity contribution in [2.24, 2.45) is 11.8 Å². The molecule has 0 heterocycles. The van der Waals surface area contributed by atoms with Crippen molar-refractivity contribution < 1.29 is 13.0 Å². The van der Waals surface area contributed by atoms with Crippen molar-refractivity contribution in [2.45, 2.75) is 40.5 Å². The fourth-order valence-electron chi connectivity index (χ4n) is 2.66. The van der Waals surface area contributed by atoms with Crippen LogP contribution in [0, 0.1) is 11.8 Å². The van der Waals surface area contributed by atoms with Gasteiger partial charge < -0.3 is 0 Å². The minimum absolute atomic E-state index is 0.710. The van der Waals surface area contributed by atoms with Gasteiger partial charge >= 0.3 is 9.33 Å².